The van der Waals surface area contributed by atoms with Gasteiger partial charge < -0.3 is 0 Å². The largest absolute Gasteiger partial charge is 0.298 e. The lowest BCUT2D eigenvalue weighted by atomic mass is 9.49. The highest BCUT2D eigenvalue weighted by Crippen LogP contribution is 2.64. The number of Topliss-reactive ketones (excluding diaryl/α,β-unsaturated/α-hetero) is 1. The second kappa shape index (κ2) is 8.03. The first-order chi connectivity index (χ1) is 12.0. The second-order valence-electron chi connectivity index (χ2n) is 9.63. The lowest BCUT2D eigenvalue weighted by Crippen LogP contribution is -2.49. The molecule has 0 saturated heterocycles. The summed E-state index contributed by atoms with van der Waals surface area (Å²) in [5.74, 6) is 6.63. The molecule has 144 valence electrons. The molecule has 4 fully saturated rings. The summed E-state index contributed by atoms with van der Waals surface area (Å²) in [7, 11) is 0. The first-order valence-corrected chi connectivity index (χ1v) is 12.3. The van der Waals surface area contributed by atoms with Crippen LogP contribution in [0.25, 0.3) is 0 Å². The van der Waals surface area contributed by atoms with Gasteiger partial charge in [0.05, 0.1) is 5.33 Å². The van der Waals surface area contributed by atoms with Crippen LogP contribution >= 0.6 is 15.9 Å². The van der Waals surface area contributed by atoms with Gasteiger partial charge in [-0.05, 0) is 92.3 Å². The zero-order valence-electron chi connectivity index (χ0n) is 16.9. The van der Waals surface area contributed by atoms with Crippen LogP contribution in [-0.4, -0.2) is 11.1 Å². The van der Waals surface area contributed by atoms with E-state index in [1.165, 1.54) is 57.8 Å². The van der Waals surface area contributed by atoms with E-state index in [2.05, 4.69) is 29.8 Å². The molecule has 0 aromatic heterocycles. The minimum Gasteiger partial charge on any atom is -0.298 e. The minimum absolute atomic E-state index is 0.320. The lowest BCUT2D eigenvalue weighted by Gasteiger charge is -2.56. The summed E-state index contributed by atoms with van der Waals surface area (Å²) < 4.78 is 0. The van der Waals surface area contributed by atoms with Gasteiger partial charge in [0.2, 0.25) is 0 Å². The van der Waals surface area contributed by atoms with E-state index in [1.54, 1.807) is 0 Å². The van der Waals surface area contributed by atoms with E-state index in [0.29, 0.717) is 22.4 Å². The van der Waals surface area contributed by atoms with Gasteiger partial charge in [0.25, 0.3) is 0 Å². The van der Waals surface area contributed by atoms with Crippen LogP contribution in [0.5, 0.6) is 0 Å². The summed E-state index contributed by atoms with van der Waals surface area (Å²) in [6, 6.07) is 0. The van der Waals surface area contributed by atoms with Crippen LogP contribution in [0.1, 0.15) is 85.5 Å². The Morgan fingerprint density at radius 3 is 2.40 bits per heavy atom. The van der Waals surface area contributed by atoms with Crippen LogP contribution in [0.3, 0.4) is 0 Å². The first-order valence-electron chi connectivity index (χ1n) is 11.1. The number of hydrogen-bond donors (Lipinski definition) is 0. The van der Waals surface area contributed by atoms with Crippen molar-refractivity contribution in [1.82, 2.24) is 0 Å². The van der Waals surface area contributed by atoms with Gasteiger partial charge in [-0.1, -0.05) is 50.0 Å². The molecule has 4 rings (SSSR count). The molecular formula is C23H39BrO. The predicted octanol–water partition coefficient (Wildman–Crippen LogP) is 6.88. The van der Waals surface area contributed by atoms with E-state index in [-0.39, 0.29) is 0 Å². The maximum Gasteiger partial charge on any atom is 0.147 e. The monoisotopic (exact) mass is 410 g/mol. The van der Waals surface area contributed by atoms with E-state index in [9.17, 15) is 4.79 Å². The summed E-state index contributed by atoms with van der Waals surface area (Å²) in [6.07, 6.45) is 12.7. The van der Waals surface area contributed by atoms with Gasteiger partial charge in [-0.3, -0.25) is 4.79 Å². The van der Waals surface area contributed by atoms with Gasteiger partial charge in [-0.15, -0.1) is 0 Å². The number of carbonyl (C=O) groups excluding carboxylic acids is 1. The molecule has 25 heavy (non-hydrogen) atoms. The van der Waals surface area contributed by atoms with Crippen molar-refractivity contribution in [2.45, 2.75) is 85.5 Å². The van der Waals surface area contributed by atoms with Crippen LogP contribution in [0, 0.1) is 46.8 Å². The Bertz CT molecular complexity index is 475. The predicted molar refractivity (Wildman–Crippen MR) is 110 cm³/mol. The Morgan fingerprint density at radius 2 is 1.68 bits per heavy atom. The topological polar surface area (TPSA) is 17.1 Å². The van der Waals surface area contributed by atoms with E-state index in [1.807, 2.05) is 13.8 Å². The Hall–Kier alpha value is 0.150. The molecule has 8 unspecified atom stereocenters. The van der Waals surface area contributed by atoms with Crippen molar-refractivity contribution < 1.29 is 4.79 Å². The zero-order chi connectivity index (χ0) is 18.2. The van der Waals surface area contributed by atoms with E-state index >= 15 is 0 Å². The summed E-state index contributed by atoms with van der Waals surface area (Å²) in [4.78, 5) is 12.5. The molecule has 2 heteroatoms. The molecule has 4 aliphatic rings. The van der Waals surface area contributed by atoms with Crippen LogP contribution in [-0.2, 0) is 4.79 Å². The van der Waals surface area contributed by atoms with Gasteiger partial charge in [0.1, 0.15) is 5.78 Å². The highest BCUT2D eigenvalue weighted by molar-refractivity contribution is 9.09. The fraction of sp³-hybridized carbons (Fsp3) is 0.957. The summed E-state index contributed by atoms with van der Waals surface area (Å²) in [6.45, 7) is 8.94. The number of hydrogen-bond acceptors (Lipinski definition) is 1. The number of carbonyl (C=O) groups is 1. The Kier molecular flexibility index (Phi) is 6.39. The van der Waals surface area contributed by atoms with Crippen molar-refractivity contribution in [2.24, 2.45) is 46.8 Å². The average Bonchev–Trinajstić information content (AvgIpc) is 2.99. The quantitative estimate of drug-likeness (QED) is 0.453. The van der Waals surface area contributed by atoms with Gasteiger partial charge >= 0.3 is 0 Å². The Balaban J connectivity index is 0.000000880. The van der Waals surface area contributed by atoms with Gasteiger partial charge in [-0.2, -0.15) is 0 Å². The molecule has 0 amide bonds. The lowest BCUT2D eigenvalue weighted by molar-refractivity contribution is -0.127. The Labute approximate surface area is 164 Å². The first kappa shape index (κ1) is 19.9. The van der Waals surface area contributed by atoms with Crippen molar-refractivity contribution in [1.29, 1.82) is 0 Å². The SMILES string of the molecule is CC.CC1CCC2C(CCC3C2CCC2(C)C(C(=O)CBr)CCC32)C1. The van der Waals surface area contributed by atoms with Crippen molar-refractivity contribution >= 4 is 21.7 Å². The third-order valence-electron chi connectivity index (χ3n) is 8.74. The number of halogens is 1. The van der Waals surface area contributed by atoms with Crippen LogP contribution in [0.15, 0.2) is 0 Å². The molecule has 0 aromatic rings. The van der Waals surface area contributed by atoms with Gasteiger partial charge in [-0.25, -0.2) is 0 Å². The summed E-state index contributed by atoms with van der Waals surface area (Å²) >= 11 is 3.44. The summed E-state index contributed by atoms with van der Waals surface area (Å²) in [5.41, 5.74) is 0.320. The number of fused-ring (bicyclic) bond motifs is 5. The fourth-order valence-electron chi connectivity index (χ4n) is 7.71. The minimum atomic E-state index is 0.320. The molecule has 0 spiro atoms. The molecule has 4 saturated carbocycles. The molecule has 0 heterocycles. The molecule has 0 aliphatic heterocycles. The van der Waals surface area contributed by atoms with Crippen LogP contribution in [0.4, 0.5) is 0 Å². The second-order valence-corrected chi connectivity index (χ2v) is 10.2. The third-order valence-corrected chi connectivity index (χ3v) is 9.29. The summed E-state index contributed by atoms with van der Waals surface area (Å²) in [5, 5.41) is 0.566. The fourth-order valence-corrected chi connectivity index (χ4v) is 8.10. The molecular weight excluding hydrogens is 372 g/mol. The maximum absolute atomic E-state index is 12.5. The number of ketones is 1. The van der Waals surface area contributed by atoms with E-state index < -0.39 is 0 Å². The van der Waals surface area contributed by atoms with Crippen LogP contribution < -0.4 is 0 Å². The Morgan fingerprint density at radius 1 is 0.960 bits per heavy atom. The highest BCUT2D eigenvalue weighted by atomic mass is 79.9. The standard InChI is InChI=1S/C21H33BrO.C2H6/c1-13-3-5-15-14(11-13)4-6-17-16(15)9-10-21(2)18(17)7-8-19(21)20(23)12-22;1-2/h13-19H,3-12H2,1-2H3;1-2H3. The zero-order valence-corrected chi connectivity index (χ0v) is 18.5. The third kappa shape index (κ3) is 3.39. The van der Waals surface area contributed by atoms with Crippen molar-refractivity contribution in [3.63, 3.8) is 0 Å². The highest BCUT2D eigenvalue weighted by Gasteiger charge is 2.57. The molecule has 4 aliphatic carbocycles. The average molecular weight is 411 g/mol. The molecule has 0 radical (unpaired) electrons. The van der Waals surface area contributed by atoms with E-state index in [4.69, 9.17) is 0 Å². The van der Waals surface area contributed by atoms with Crippen LogP contribution in [0.2, 0.25) is 0 Å². The van der Waals surface area contributed by atoms with Crippen molar-refractivity contribution in [2.75, 3.05) is 5.33 Å². The molecule has 1 nitrogen and oxygen atoms in total. The normalized spacial score (nSPS) is 48.4. The van der Waals surface area contributed by atoms with E-state index in [0.717, 1.165) is 35.5 Å². The smallest absolute Gasteiger partial charge is 0.147 e. The van der Waals surface area contributed by atoms with Gasteiger partial charge in [0.15, 0.2) is 0 Å². The molecule has 0 bridgehead atoms. The van der Waals surface area contributed by atoms with Crippen molar-refractivity contribution in [3.8, 4) is 0 Å². The molecule has 0 aromatic carbocycles. The molecule has 8 atom stereocenters. The molecule has 0 N–H and O–H groups in total. The maximum atomic E-state index is 12.5. The number of rotatable bonds is 2. The van der Waals surface area contributed by atoms with Gasteiger partial charge in [0, 0.05) is 5.92 Å². The number of alkyl halides is 1. The van der Waals surface area contributed by atoms with Crippen molar-refractivity contribution in [3.05, 3.63) is 0 Å².